The average Bonchev–Trinajstić information content (AvgIpc) is 3.32. The third-order valence-electron chi connectivity index (χ3n) is 4.44. The van der Waals surface area contributed by atoms with E-state index in [0.717, 1.165) is 16.6 Å². The number of fused-ring (bicyclic) bond motifs is 1. The molecule has 0 atom stereocenters. The van der Waals surface area contributed by atoms with E-state index in [4.69, 9.17) is 9.15 Å². The molecular formula is C22H18N2O4S. The topological polar surface area (TPSA) is 72.6 Å². The lowest BCUT2D eigenvalue weighted by atomic mass is 10.1. The van der Waals surface area contributed by atoms with Crippen LogP contribution in [-0.4, -0.2) is 16.9 Å². The Morgan fingerprint density at radius 3 is 2.55 bits per heavy atom. The first-order chi connectivity index (χ1) is 14.0. The molecule has 2 heterocycles. The Hall–Kier alpha value is -3.45. The van der Waals surface area contributed by atoms with Crippen LogP contribution in [0.25, 0.3) is 11.0 Å². The number of benzene rings is 2. The molecule has 6 nitrogen and oxygen atoms in total. The van der Waals surface area contributed by atoms with E-state index < -0.39 is 5.97 Å². The van der Waals surface area contributed by atoms with Crippen LogP contribution in [0, 0.1) is 6.92 Å². The van der Waals surface area contributed by atoms with E-state index in [9.17, 15) is 9.59 Å². The smallest absolute Gasteiger partial charge is 0.374 e. The van der Waals surface area contributed by atoms with Crippen molar-refractivity contribution in [3.63, 3.8) is 0 Å². The van der Waals surface area contributed by atoms with E-state index in [0.29, 0.717) is 16.4 Å². The van der Waals surface area contributed by atoms with Crippen LogP contribution in [0.2, 0.25) is 0 Å². The summed E-state index contributed by atoms with van der Waals surface area (Å²) in [5.41, 5.74) is 2.69. The van der Waals surface area contributed by atoms with Crippen LogP contribution in [-0.2, 0) is 16.1 Å². The minimum Gasteiger partial charge on any atom is -0.453 e. The average molecular weight is 406 g/mol. The van der Waals surface area contributed by atoms with E-state index in [1.165, 1.54) is 23.2 Å². The zero-order chi connectivity index (χ0) is 20.4. The Kier molecular flexibility index (Phi) is 5.14. The molecular weight excluding hydrogens is 388 g/mol. The molecule has 29 heavy (non-hydrogen) atoms. The second-order valence-electron chi connectivity index (χ2n) is 6.44. The number of aromatic nitrogens is 1. The van der Waals surface area contributed by atoms with Gasteiger partial charge in [-0.05, 0) is 25.1 Å². The molecule has 2 aromatic heterocycles. The van der Waals surface area contributed by atoms with E-state index >= 15 is 0 Å². The molecule has 0 N–H and O–H groups in total. The maximum absolute atomic E-state index is 12.5. The first-order valence-corrected chi connectivity index (χ1v) is 9.88. The lowest BCUT2D eigenvalue weighted by molar-refractivity contribution is -0.115. The normalized spacial score (nSPS) is 10.8. The predicted octanol–water partition coefficient (Wildman–Crippen LogP) is 5.24. The van der Waals surface area contributed by atoms with Crippen molar-refractivity contribution in [2.24, 2.45) is 0 Å². The van der Waals surface area contributed by atoms with Gasteiger partial charge in [-0.2, -0.15) is 0 Å². The summed E-state index contributed by atoms with van der Waals surface area (Å²) in [5, 5.41) is 3.18. The largest absolute Gasteiger partial charge is 0.453 e. The fraction of sp³-hybridized carbons (Fsp3) is 0.136. The van der Waals surface area contributed by atoms with Gasteiger partial charge in [0.1, 0.15) is 12.2 Å². The SMILES string of the molecule is CC(=O)N(c1ccccc1)c1nc(COC(=O)c2oc3ccccc3c2C)cs1. The first kappa shape index (κ1) is 18.9. The second kappa shape index (κ2) is 7.89. The highest BCUT2D eigenvalue weighted by molar-refractivity contribution is 7.14. The van der Waals surface area contributed by atoms with Crippen LogP contribution in [0.15, 0.2) is 64.4 Å². The fourth-order valence-electron chi connectivity index (χ4n) is 3.04. The number of nitrogens with zero attached hydrogens (tertiary/aromatic N) is 2. The van der Waals surface area contributed by atoms with Gasteiger partial charge in [0, 0.05) is 23.3 Å². The van der Waals surface area contributed by atoms with Gasteiger partial charge >= 0.3 is 5.97 Å². The minimum atomic E-state index is -0.542. The molecule has 0 aliphatic heterocycles. The van der Waals surface area contributed by atoms with Gasteiger partial charge in [0.15, 0.2) is 5.13 Å². The number of rotatable bonds is 5. The van der Waals surface area contributed by atoms with Crippen molar-refractivity contribution in [1.29, 1.82) is 0 Å². The number of carbonyl (C=O) groups is 2. The van der Waals surface area contributed by atoms with Gasteiger partial charge in [-0.25, -0.2) is 9.78 Å². The molecule has 0 saturated carbocycles. The minimum absolute atomic E-state index is 0.00759. The number of ether oxygens (including phenoxy) is 1. The zero-order valence-corrected chi connectivity index (χ0v) is 16.7. The summed E-state index contributed by atoms with van der Waals surface area (Å²) in [6.45, 7) is 3.30. The van der Waals surface area contributed by atoms with Crippen LogP contribution in [0.5, 0.6) is 0 Å². The first-order valence-electron chi connectivity index (χ1n) is 9.00. The third kappa shape index (κ3) is 3.77. The number of carbonyl (C=O) groups excluding carboxylic acids is 2. The third-order valence-corrected chi connectivity index (χ3v) is 5.32. The molecule has 0 saturated heterocycles. The van der Waals surface area contributed by atoms with Crippen LogP contribution < -0.4 is 4.90 Å². The molecule has 0 aliphatic carbocycles. The van der Waals surface area contributed by atoms with Crippen molar-refractivity contribution < 1.29 is 18.7 Å². The van der Waals surface area contributed by atoms with E-state index in [1.54, 1.807) is 5.38 Å². The Morgan fingerprint density at radius 1 is 1.10 bits per heavy atom. The number of para-hydroxylation sites is 2. The van der Waals surface area contributed by atoms with Crippen molar-refractivity contribution in [3.8, 4) is 0 Å². The van der Waals surface area contributed by atoms with Crippen molar-refractivity contribution in [2.75, 3.05) is 4.90 Å². The Bertz CT molecular complexity index is 1180. The monoisotopic (exact) mass is 406 g/mol. The molecule has 4 rings (SSSR count). The summed E-state index contributed by atoms with van der Waals surface area (Å²) < 4.78 is 11.0. The summed E-state index contributed by atoms with van der Waals surface area (Å²) in [6, 6.07) is 16.7. The van der Waals surface area contributed by atoms with Crippen molar-refractivity contribution in [2.45, 2.75) is 20.5 Å². The molecule has 0 fully saturated rings. The fourth-order valence-corrected chi connectivity index (χ4v) is 3.91. The Balaban J connectivity index is 1.49. The Labute approximate surface area is 171 Å². The van der Waals surface area contributed by atoms with Gasteiger partial charge in [0.25, 0.3) is 0 Å². The molecule has 4 aromatic rings. The summed E-state index contributed by atoms with van der Waals surface area (Å²) >= 11 is 1.31. The molecule has 7 heteroatoms. The maximum Gasteiger partial charge on any atom is 0.374 e. The number of hydrogen-bond donors (Lipinski definition) is 0. The van der Waals surface area contributed by atoms with Crippen LogP contribution in [0.4, 0.5) is 10.8 Å². The number of esters is 1. The molecule has 1 amide bonds. The number of aryl methyl sites for hydroxylation is 1. The molecule has 0 bridgehead atoms. The van der Waals surface area contributed by atoms with Gasteiger partial charge in [-0.1, -0.05) is 36.4 Å². The Morgan fingerprint density at radius 2 is 1.83 bits per heavy atom. The number of thiazole rings is 1. The number of hydrogen-bond acceptors (Lipinski definition) is 6. The molecule has 0 unspecified atom stereocenters. The standard InChI is InChI=1S/C22H18N2O4S/c1-14-18-10-6-7-11-19(18)28-20(14)21(26)27-12-16-13-29-22(23-16)24(15(2)25)17-8-4-3-5-9-17/h3-11,13H,12H2,1-2H3. The van der Waals surface area contributed by atoms with Gasteiger partial charge in [-0.15, -0.1) is 11.3 Å². The van der Waals surface area contributed by atoms with Gasteiger partial charge in [0.05, 0.1) is 11.4 Å². The number of amides is 1. The van der Waals surface area contributed by atoms with E-state index in [2.05, 4.69) is 4.98 Å². The van der Waals surface area contributed by atoms with Gasteiger partial charge < -0.3 is 9.15 Å². The highest BCUT2D eigenvalue weighted by Gasteiger charge is 2.21. The van der Waals surface area contributed by atoms with Gasteiger partial charge in [0.2, 0.25) is 11.7 Å². The maximum atomic E-state index is 12.5. The lowest BCUT2D eigenvalue weighted by Crippen LogP contribution is -2.22. The van der Waals surface area contributed by atoms with Crippen molar-refractivity contribution >= 4 is 45.0 Å². The zero-order valence-electron chi connectivity index (χ0n) is 15.9. The molecule has 2 aromatic carbocycles. The van der Waals surface area contributed by atoms with Crippen molar-refractivity contribution in [3.05, 3.63) is 77.0 Å². The highest BCUT2D eigenvalue weighted by atomic mass is 32.1. The summed E-state index contributed by atoms with van der Waals surface area (Å²) in [6.07, 6.45) is 0. The van der Waals surface area contributed by atoms with E-state index in [1.807, 2.05) is 61.5 Å². The highest BCUT2D eigenvalue weighted by Crippen LogP contribution is 2.29. The quantitative estimate of drug-likeness (QED) is 0.424. The van der Waals surface area contributed by atoms with Crippen LogP contribution in [0.3, 0.4) is 0 Å². The number of furan rings is 1. The van der Waals surface area contributed by atoms with Gasteiger partial charge in [-0.3, -0.25) is 9.69 Å². The summed E-state index contributed by atoms with van der Waals surface area (Å²) in [4.78, 5) is 30.6. The summed E-state index contributed by atoms with van der Waals surface area (Å²) in [7, 11) is 0. The second-order valence-corrected chi connectivity index (χ2v) is 7.28. The lowest BCUT2D eigenvalue weighted by Gasteiger charge is -2.17. The molecule has 0 spiro atoms. The predicted molar refractivity (Wildman–Crippen MR) is 111 cm³/mol. The van der Waals surface area contributed by atoms with Crippen LogP contribution in [0.1, 0.15) is 28.7 Å². The van der Waals surface area contributed by atoms with Crippen molar-refractivity contribution in [1.82, 2.24) is 4.98 Å². The molecule has 146 valence electrons. The summed E-state index contributed by atoms with van der Waals surface area (Å²) in [5.74, 6) is -0.497. The molecule has 0 aliphatic rings. The van der Waals surface area contributed by atoms with Crippen LogP contribution >= 0.6 is 11.3 Å². The number of anilines is 2. The molecule has 0 radical (unpaired) electrons. The van der Waals surface area contributed by atoms with E-state index in [-0.39, 0.29) is 18.3 Å².